The van der Waals surface area contributed by atoms with E-state index in [-0.39, 0.29) is 0 Å². The van der Waals surface area contributed by atoms with Gasteiger partial charge in [-0.3, -0.25) is 0 Å². The summed E-state index contributed by atoms with van der Waals surface area (Å²) in [6.07, 6.45) is 2.51. The van der Waals surface area contributed by atoms with Gasteiger partial charge in [-0.05, 0) is 50.3 Å². The van der Waals surface area contributed by atoms with Gasteiger partial charge in [0.15, 0.2) is 0 Å². The first kappa shape index (κ1) is 14.2. The van der Waals surface area contributed by atoms with Gasteiger partial charge < -0.3 is 5.32 Å². The van der Waals surface area contributed by atoms with Crippen molar-refractivity contribution in [2.45, 2.75) is 40.5 Å². The molecule has 17 heavy (non-hydrogen) atoms. The van der Waals surface area contributed by atoms with Crippen LogP contribution in [0.1, 0.15) is 38.3 Å². The van der Waals surface area contributed by atoms with Gasteiger partial charge in [0.25, 0.3) is 0 Å². The van der Waals surface area contributed by atoms with Crippen LogP contribution in [0.15, 0.2) is 24.3 Å². The van der Waals surface area contributed by atoms with Crippen LogP contribution >= 0.6 is 0 Å². The zero-order valence-electron chi connectivity index (χ0n) is 11.8. The quantitative estimate of drug-likeness (QED) is 0.755. The van der Waals surface area contributed by atoms with Gasteiger partial charge in [-0.15, -0.1) is 0 Å². The Morgan fingerprint density at radius 1 is 1.12 bits per heavy atom. The zero-order valence-corrected chi connectivity index (χ0v) is 11.8. The third-order valence-corrected chi connectivity index (χ3v) is 3.13. The summed E-state index contributed by atoms with van der Waals surface area (Å²) in [6.45, 7) is 11.2. The maximum atomic E-state index is 3.49. The van der Waals surface area contributed by atoms with Crippen molar-refractivity contribution in [3.05, 3.63) is 35.4 Å². The van der Waals surface area contributed by atoms with Crippen LogP contribution in [-0.4, -0.2) is 13.1 Å². The molecular formula is C16H27N. The summed E-state index contributed by atoms with van der Waals surface area (Å²) in [6, 6.07) is 8.98. The Kier molecular flexibility index (Phi) is 6.28. The minimum absolute atomic E-state index is 0.762. The Balaban J connectivity index is 2.54. The van der Waals surface area contributed by atoms with E-state index < -0.39 is 0 Å². The monoisotopic (exact) mass is 233 g/mol. The molecule has 96 valence electrons. The first-order chi connectivity index (χ1) is 8.11. The van der Waals surface area contributed by atoms with Crippen molar-refractivity contribution in [2.75, 3.05) is 13.1 Å². The lowest BCUT2D eigenvalue weighted by Gasteiger charge is -2.19. The lowest BCUT2D eigenvalue weighted by atomic mass is 9.90. The van der Waals surface area contributed by atoms with E-state index in [1.54, 1.807) is 0 Å². The highest BCUT2D eigenvalue weighted by molar-refractivity contribution is 5.21. The van der Waals surface area contributed by atoms with E-state index in [0.29, 0.717) is 0 Å². The maximum Gasteiger partial charge on any atom is -0.00174 e. The molecule has 1 N–H and O–H groups in total. The molecular weight excluding hydrogens is 206 g/mol. The van der Waals surface area contributed by atoms with Crippen molar-refractivity contribution < 1.29 is 0 Å². The largest absolute Gasteiger partial charge is 0.317 e. The second kappa shape index (κ2) is 7.50. The van der Waals surface area contributed by atoms with E-state index in [2.05, 4.69) is 57.3 Å². The molecule has 0 saturated heterocycles. The second-order valence-corrected chi connectivity index (χ2v) is 5.49. The van der Waals surface area contributed by atoms with E-state index in [1.165, 1.54) is 24.0 Å². The molecule has 0 spiro atoms. The molecule has 0 aliphatic rings. The lowest BCUT2D eigenvalue weighted by Crippen LogP contribution is -2.25. The van der Waals surface area contributed by atoms with Crippen LogP contribution in [0.3, 0.4) is 0 Å². The van der Waals surface area contributed by atoms with E-state index in [1.807, 2.05) is 0 Å². The van der Waals surface area contributed by atoms with Crippen LogP contribution < -0.4 is 5.32 Å². The predicted molar refractivity (Wildman–Crippen MR) is 76.4 cm³/mol. The zero-order chi connectivity index (χ0) is 12.7. The van der Waals surface area contributed by atoms with E-state index in [9.17, 15) is 0 Å². The average Bonchev–Trinajstić information content (AvgIpc) is 2.28. The summed E-state index contributed by atoms with van der Waals surface area (Å²) < 4.78 is 0. The number of benzene rings is 1. The average molecular weight is 233 g/mol. The van der Waals surface area contributed by atoms with Gasteiger partial charge in [-0.25, -0.2) is 0 Å². The van der Waals surface area contributed by atoms with Crippen LogP contribution in [0, 0.1) is 18.8 Å². The van der Waals surface area contributed by atoms with E-state index in [0.717, 1.165) is 24.9 Å². The second-order valence-electron chi connectivity index (χ2n) is 5.49. The van der Waals surface area contributed by atoms with Gasteiger partial charge in [0.1, 0.15) is 0 Å². The fraction of sp³-hybridized carbons (Fsp3) is 0.625. The smallest absolute Gasteiger partial charge is 0.00174 e. The first-order valence-electron chi connectivity index (χ1n) is 6.88. The molecule has 0 saturated carbocycles. The molecule has 0 radical (unpaired) electrons. The summed E-state index contributed by atoms with van der Waals surface area (Å²) in [5, 5.41) is 3.49. The summed E-state index contributed by atoms with van der Waals surface area (Å²) >= 11 is 0. The third kappa shape index (κ3) is 5.88. The number of hydrogen-bond acceptors (Lipinski definition) is 1. The van der Waals surface area contributed by atoms with Gasteiger partial charge >= 0.3 is 0 Å². The number of rotatable bonds is 7. The number of nitrogens with one attached hydrogen (secondary N) is 1. The molecule has 1 unspecified atom stereocenters. The number of hydrogen-bond donors (Lipinski definition) is 1. The third-order valence-electron chi connectivity index (χ3n) is 3.13. The molecule has 1 heteroatoms. The fourth-order valence-electron chi connectivity index (χ4n) is 2.31. The minimum atomic E-state index is 0.762. The normalized spacial score (nSPS) is 13.0. The molecule has 1 nitrogen and oxygen atoms in total. The van der Waals surface area contributed by atoms with Crippen LogP contribution in [0.5, 0.6) is 0 Å². The summed E-state index contributed by atoms with van der Waals surface area (Å²) in [4.78, 5) is 0. The molecule has 0 fully saturated rings. The van der Waals surface area contributed by atoms with Crippen LogP contribution in [0.4, 0.5) is 0 Å². The SMILES string of the molecule is CCNCC(Cc1ccc(C)cc1)CC(C)C. The maximum absolute atomic E-state index is 3.49. The van der Waals surface area contributed by atoms with E-state index >= 15 is 0 Å². The molecule has 1 aromatic carbocycles. The molecule has 0 heterocycles. The molecule has 1 rings (SSSR count). The van der Waals surface area contributed by atoms with Gasteiger partial charge in [-0.2, -0.15) is 0 Å². The summed E-state index contributed by atoms with van der Waals surface area (Å²) in [7, 11) is 0. The van der Waals surface area contributed by atoms with Crippen molar-refractivity contribution in [2.24, 2.45) is 11.8 Å². The van der Waals surface area contributed by atoms with Crippen molar-refractivity contribution >= 4 is 0 Å². The van der Waals surface area contributed by atoms with Gasteiger partial charge in [0, 0.05) is 0 Å². The van der Waals surface area contributed by atoms with Crippen molar-refractivity contribution in [1.29, 1.82) is 0 Å². The molecule has 0 amide bonds. The molecule has 0 aliphatic heterocycles. The van der Waals surface area contributed by atoms with Crippen molar-refractivity contribution in [3.63, 3.8) is 0 Å². The highest BCUT2D eigenvalue weighted by Crippen LogP contribution is 2.17. The summed E-state index contributed by atoms with van der Waals surface area (Å²) in [5.41, 5.74) is 2.82. The van der Waals surface area contributed by atoms with Crippen LogP contribution in [0.2, 0.25) is 0 Å². The van der Waals surface area contributed by atoms with Crippen molar-refractivity contribution in [3.8, 4) is 0 Å². The molecule has 0 aliphatic carbocycles. The van der Waals surface area contributed by atoms with Crippen LogP contribution in [-0.2, 0) is 6.42 Å². The van der Waals surface area contributed by atoms with Crippen molar-refractivity contribution in [1.82, 2.24) is 5.32 Å². The molecule has 0 aromatic heterocycles. The lowest BCUT2D eigenvalue weighted by molar-refractivity contribution is 0.388. The Labute approximate surface area is 107 Å². The predicted octanol–water partition coefficient (Wildman–Crippen LogP) is 3.81. The topological polar surface area (TPSA) is 12.0 Å². The summed E-state index contributed by atoms with van der Waals surface area (Å²) in [5.74, 6) is 1.54. The highest BCUT2D eigenvalue weighted by atomic mass is 14.8. The number of aryl methyl sites for hydroxylation is 1. The minimum Gasteiger partial charge on any atom is -0.317 e. The fourth-order valence-corrected chi connectivity index (χ4v) is 2.31. The van der Waals surface area contributed by atoms with Crippen LogP contribution in [0.25, 0.3) is 0 Å². The van der Waals surface area contributed by atoms with Gasteiger partial charge in [0.2, 0.25) is 0 Å². The highest BCUT2D eigenvalue weighted by Gasteiger charge is 2.11. The van der Waals surface area contributed by atoms with E-state index in [4.69, 9.17) is 0 Å². The molecule has 1 atom stereocenters. The Bertz CT molecular complexity index is 300. The Hall–Kier alpha value is -0.820. The standard InChI is InChI=1S/C16H27N/c1-5-17-12-16(10-13(2)3)11-15-8-6-14(4)7-9-15/h6-9,13,16-17H,5,10-12H2,1-4H3. The Morgan fingerprint density at radius 3 is 2.29 bits per heavy atom. The van der Waals surface area contributed by atoms with Gasteiger partial charge in [0.05, 0.1) is 0 Å². The first-order valence-corrected chi connectivity index (χ1v) is 6.88. The van der Waals surface area contributed by atoms with Gasteiger partial charge in [-0.1, -0.05) is 50.6 Å². The Morgan fingerprint density at radius 2 is 1.76 bits per heavy atom. The molecule has 0 bridgehead atoms. The molecule has 1 aromatic rings.